The van der Waals surface area contributed by atoms with Crippen molar-refractivity contribution in [3.05, 3.63) is 29.7 Å². The minimum absolute atomic E-state index is 0.0296. The van der Waals surface area contributed by atoms with Crippen LogP contribution in [0.25, 0.3) is 11.4 Å². The number of nitrogens with zero attached hydrogens (tertiary/aromatic N) is 4. The third-order valence-corrected chi connectivity index (χ3v) is 5.93. The molecule has 0 amide bonds. The summed E-state index contributed by atoms with van der Waals surface area (Å²) < 4.78 is 52.0. The zero-order valence-corrected chi connectivity index (χ0v) is 19.5. The number of likely N-dealkylation sites (tertiary alicyclic amines) is 1. The zero-order chi connectivity index (χ0) is 24.7. The highest BCUT2D eigenvalue weighted by Crippen LogP contribution is 2.39. The number of alkyl halides is 3. The number of benzene rings is 1. The third-order valence-electron chi connectivity index (χ3n) is 5.93. The Bertz CT molecular complexity index is 964. The molecule has 34 heavy (non-hydrogen) atoms. The van der Waals surface area contributed by atoms with Crippen LogP contribution in [0.1, 0.15) is 76.3 Å². The summed E-state index contributed by atoms with van der Waals surface area (Å²) in [6.07, 6.45) is 2.14. The molecule has 2 aromatic rings. The molecule has 2 atom stereocenters. The second kappa shape index (κ2) is 11.4. The molecule has 0 bridgehead atoms. The second-order valence-electron chi connectivity index (χ2n) is 8.75. The van der Waals surface area contributed by atoms with E-state index in [0.29, 0.717) is 19.4 Å². The van der Waals surface area contributed by atoms with Gasteiger partial charge in [0.05, 0.1) is 12.2 Å². The molecule has 1 aromatic heterocycles. The van der Waals surface area contributed by atoms with Gasteiger partial charge in [0.25, 0.3) is 0 Å². The third kappa shape index (κ3) is 6.32. The summed E-state index contributed by atoms with van der Waals surface area (Å²) in [4.78, 5) is 5.94. The van der Waals surface area contributed by atoms with Gasteiger partial charge in [-0.25, -0.2) is 0 Å². The normalized spacial score (nSPS) is 19.1. The van der Waals surface area contributed by atoms with Crippen LogP contribution in [0.15, 0.2) is 27.9 Å². The summed E-state index contributed by atoms with van der Waals surface area (Å²) in [5.74, 6) is 0.155. The molecule has 0 radical (unpaired) electrons. The SMILES string of the molecule is CCCCCCCCOc1ccc(-c2noc([C@@H]3CC(C)CN3/C(N)=N/O)n2)cc1C(F)(F)F. The Balaban J connectivity index is 1.73. The molecule has 3 rings (SSSR count). The highest BCUT2D eigenvalue weighted by Gasteiger charge is 2.37. The van der Waals surface area contributed by atoms with Crippen molar-refractivity contribution in [3.63, 3.8) is 0 Å². The first-order valence-electron chi connectivity index (χ1n) is 11.7. The number of guanidine groups is 1. The van der Waals surface area contributed by atoms with Crippen LogP contribution in [0.4, 0.5) is 13.2 Å². The van der Waals surface area contributed by atoms with Gasteiger partial charge in [-0.1, -0.05) is 56.3 Å². The van der Waals surface area contributed by atoms with Gasteiger partial charge in [-0.3, -0.25) is 0 Å². The minimum Gasteiger partial charge on any atom is -0.493 e. The number of aromatic nitrogens is 2. The van der Waals surface area contributed by atoms with E-state index in [-0.39, 0.29) is 41.5 Å². The van der Waals surface area contributed by atoms with Crippen LogP contribution < -0.4 is 10.5 Å². The Morgan fingerprint density at radius 3 is 2.71 bits per heavy atom. The molecule has 1 fully saturated rings. The summed E-state index contributed by atoms with van der Waals surface area (Å²) >= 11 is 0. The molecule has 0 spiro atoms. The Hall–Kier alpha value is -2.98. The molecule has 11 heteroatoms. The largest absolute Gasteiger partial charge is 0.493 e. The molecular weight excluding hydrogens is 451 g/mol. The fourth-order valence-corrected chi connectivity index (χ4v) is 4.16. The van der Waals surface area contributed by atoms with Gasteiger partial charge in [0.1, 0.15) is 11.8 Å². The predicted octanol–water partition coefficient (Wildman–Crippen LogP) is 5.58. The van der Waals surface area contributed by atoms with E-state index in [2.05, 4.69) is 22.2 Å². The predicted molar refractivity (Wildman–Crippen MR) is 120 cm³/mol. The van der Waals surface area contributed by atoms with Gasteiger partial charge < -0.3 is 25.1 Å². The molecule has 1 aliphatic heterocycles. The van der Waals surface area contributed by atoms with Crippen molar-refractivity contribution >= 4 is 5.96 Å². The Labute approximate surface area is 196 Å². The molecule has 0 saturated carbocycles. The molecule has 0 aliphatic carbocycles. The number of hydrogen-bond acceptors (Lipinski definition) is 6. The lowest BCUT2D eigenvalue weighted by molar-refractivity contribution is -0.138. The lowest BCUT2D eigenvalue weighted by atomic mass is 10.1. The van der Waals surface area contributed by atoms with Crippen LogP contribution in [-0.2, 0) is 6.18 Å². The van der Waals surface area contributed by atoms with Gasteiger partial charge in [-0.2, -0.15) is 18.2 Å². The van der Waals surface area contributed by atoms with Crippen LogP contribution in [0, 0.1) is 5.92 Å². The smallest absolute Gasteiger partial charge is 0.419 e. The number of ether oxygens (including phenoxy) is 1. The van der Waals surface area contributed by atoms with Crippen molar-refractivity contribution in [2.24, 2.45) is 16.8 Å². The first-order valence-corrected chi connectivity index (χ1v) is 11.7. The average Bonchev–Trinajstić information content (AvgIpc) is 3.44. The van der Waals surface area contributed by atoms with E-state index in [1.165, 1.54) is 18.6 Å². The average molecular weight is 484 g/mol. The molecule has 1 aromatic carbocycles. The van der Waals surface area contributed by atoms with Crippen molar-refractivity contribution in [1.82, 2.24) is 15.0 Å². The second-order valence-corrected chi connectivity index (χ2v) is 8.75. The van der Waals surface area contributed by atoms with Crippen LogP contribution in [-0.4, -0.2) is 39.4 Å². The lowest BCUT2D eigenvalue weighted by Crippen LogP contribution is -2.37. The zero-order valence-electron chi connectivity index (χ0n) is 19.5. The van der Waals surface area contributed by atoms with Crippen LogP contribution >= 0.6 is 0 Å². The summed E-state index contributed by atoms with van der Waals surface area (Å²) in [7, 11) is 0. The fraction of sp³-hybridized carbons (Fsp3) is 0.609. The maximum atomic E-state index is 13.7. The summed E-state index contributed by atoms with van der Waals surface area (Å²) in [5, 5.41) is 15.9. The Kier molecular flexibility index (Phi) is 8.62. The topological polar surface area (TPSA) is 110 Å². The molecule has 8 nitrogen and oxygen atoms in total. The van der Waals surface area contributed by atoms with E-state index in [9.17, 15) is 13.2 Å². The van der Waals surface area contributed by atoms with Crippen molar-refractivity contribution in [3.8, 4) is 17.1 Å². The fourth-order valence-electron chi connectivity index (χ4n) is 4.16. The van der Waals surface area contributed by atoms with Crippen molar-refractivity contribution in [2.75, 3.05) is 13.2 Å². The highest BCUT2D eigenvalue weighted by atomic mass is 19.4. The quantitative estimate of drug-likeness (QED) is 0.149. The first kappa shape index (κ1) is 25.6. The molecule has 1 unspecified atom stereocenters. The minimum atomic E-state index is -4.59. The van der Waals surface area contributed by atoms with Crippen LogP contribution in [0.2, 0.25) is 0 Å². The van der Waals surface area contributed by atoms with Gasteiger partial charge in [-0.15, -0.1) is 0 Å². The highest BCUT2D eigenvalue weighted by molar-refractivity contribution is 5.78. The summed E-state index contributed by atoms with van der Waals surface area (Å²) in [6.45, 7) is 4.88. The van der Waals surface area contributed by atoms with E-state index in [1.54, 1.807) is 4.90 Å². The van der Waals surface area contributed by atoms with E-state index >= 15 is 0 Å². The molecule has 1 saturated heterocycles. The maximum absolute atomic E-state index is 13.7. The number of unbranched alkanes of at least 4 members (excludes halogenated alkanes) is 5. The van der Waals surface area contributed by atoms with Crippen molar-refractivity contribution < 1.29 is 27.6 Å². The molecule has 2 heterocycles. The van der Waals surface area contributed by atoms with Crippen molar-refractivity contribution in [2.45, 2.75) is 71.0 Å². The van der Waals surface area contributed by atoms with Gasteiger partial charge >= 0.3 is 6.18 Å². The van der Waals surface area contributed by atoms with Gasteiger partial charge in [0, 0.05) is 12.1 Å². The maximum Gasteiger partial charge on any atom is 0.419 e. The lowest BCUT2D eigenvalue weighted by Gasteiger charge is -2.21. The van der Waals surface area contributed by atoms with Crippen LogP contribution in [0.5, 0.6) is 5.75 Å². The summed E-state index contributed by atoms with van der Waals surface area (Å²) in [5.41, 5.74) is 5.03. The first-order chi connectivity index (χ1) is 16.2. The number of oxime groups is 1. The van der Waals surface area contributed by atoms with Crippen molar-refractivity contribution in [1.29, 1.82) is 0 Å². The number of nitrogens with two attached hydrogens (primary N) is 1. The van der Waals surface area contributed by atoms with E-state index in [4.69, 9.17) is 20.2 Å². The van der Waals surface area contributed by atoms with Gasteiger partial charge in [-0.05, 0) is 37.0 Å². The van der Waals surface area contributed by atoms with Gasteiger partial charge in [0.15, 0.2) is 0 Å². The van der Waals surface area contributed by atoms with E-state index in [1.807, 2.05) is 6.92 Å². The van der Waals surface area contributed by atoms with Crippen LogP contribution in [0.3, 0.4) is 0 Å². The van der Waals surface area contributed by atoms with E-state index < -0.39 is 17.8 Å². The number of halogens is 3. The standard InChI is InChI=1S/C23H32F3N5O3/c1-3-4-5-6-7-8-11-33-19-10-9-16(13-17(19)23(24,25)26)20-28-21(34-30-20)18-12-15(2)14-31(18)22(27)29-32/h9-10,13,15,18,32H,3-8,11-12,14H2,1-2H3,(H2,27,29)/t15?,18-/m0/s1. The molecule has 188 valence electrons. The number of rotatable bonds is 10. The van der Waals surface area contributed by atoms with E-state index in [0.717, 1.165) is 31.7 Å². The Morgan fingerprint density at radius 2 is 2.00 bits per heavy atom. The molecule has 1 aliphatic rings. The molecular formula is C23H32F3N5O3. The molecule has 3 N–H and O–H groups in total. The Morgan fingerprint density at radius 1 is 1.26 bits per heavy atom. The number of hydrogen-bond donors (Lipinski definition) is 2. The monoisotopic (exact) mass is 483 g/mol. The summed E-state index contributed by atoms with van der Waals surface area (Å²) in [6, 6.07) is 3.34. The van der Waals surface area contributed by atoms with Gasteiger partial charge in [0.2, 0.25) is 17.7 Å².